The van der Waals surface area contributed by atoms with Crippen LogP contribution in [0.1, 0.15) is 43.7 Å². The van der Waals surface area contributed by atoms with Crippen molar-refractivity contribution in [1.82, 2.24) is 10.1 Å². The van der Waals surface area contributed by atoms with Crippen molar-refractivity contribution >= 4 is 0 Å². The van der Waals surface area contributed by atoms with Gasteiger partial charge in [0.2, 0.25) is 0 Å². The van der Waals surface area contributed by atoms with E-state index in [1.165, 1.54) is 19.4 Å². The summed E-state index contributed by atoms with van der Waals surface area (Å²) in [4.78, 5) is 2.34. The maximum absolute atomic E-state index is 5.38. The normalized spacial score (nSPS) is 23.1. The summed E-state index contributed by atoms with van der Waals surface area (Å²) in [6.45, 7) is 3.34. The summed E-state index contributed by atoms with van der Waals surface area (Å²) in [5, 5.41) is 4.08. The van der Waals surface area contributed by atoms with Crippen LogP contribution in [-0.4, -0.2) is 23.6 Å². The van der Waals surface area contributed by atoms with Gasteiger partial charge in [-0.05, 0) is 32.9 Å². The number of likely N-dealkylation sites (tertiary alicyclic amines) is 1. The maximum Gasteiger partial charge on any atom is 0.154 e. The molecule has 2 heterocycles. The molecule has 0 saturated carbocycles. The minimum absolute atomic E-state index is 0.466. The molecule has 1 atom stereocenters. The van der Waals surface area contributed by atoms with Gasteiger partial charge in [0.15, 0.2) is 5.76 Å². The molecule has 1 aliphatic heterocycles. The highest BCUT2D eigenvalue weighted by Gasteiger charge is 2.25. The predicted molar refractivity (Wildman–Crippen MR) is 55.1 cm³/mol. The van der Waals surface area contributed by atoms with Crippen molar-refractivity contribution in [2.24, 2.45) is 0 Å². The summed E-state index contributed by atoms with van der Waals surface area (Å²) in [5.74, 6) is 1.05. The second kappa shape index (κ2) is 4.13. The van der Waals surface area contributed by atoms with E-state index in [0.29, 0.717) is 6.04 Å². The number of aromatic nitrogens is 1. The monoisotopic (exact) mass is 194 g/mol. The van der Waals surface area contributed by atoms with E-state index < -0.39 is 0 Å². The van der Waals surface area contributed by atoms with Crippen molar-refractivity contribution < 1.29 is 4.52 Å². The lowest BCUT2D eigenvalue weighted by molar-refractivity contribution is 0.251. The van der Waals surface area contributed by atoms with Gasteiger partial charge < -0.3 is 4.52 Å². The minimum atomic E-state index is 0.466. The molecule has 1 saturated heterocycles. The molecular weight excluding hydrogens is 176 g/mol. The fourth-order valence-corrected chi connectivity index (χ4v) is 2.13. The first-order chi connectivity index (χ1) is 6.81. The van der Waals surface area contributed by atoms with Crippen LogP contribution in [0.4, 0.5) is 0 Å². The van der Waals surface area contributed by atoms with E-state index in [2.05, 4.69) is 30.1 Å². The van der Waals surface area contributed by atoms with E-state index >= 15 is 0 Å². The Kier molecular flexibility index (Phi) is 2.87. The Morgan fingerprint density at radius 3 is 3.14 bits per heavy atom. The largest absolute Gasteiger partial charge is 0.359 e. The molecule has 0 aromatic carbocycles. The van der Waals surface area contributed by atoms with Crippen LogP contribution in [0, 0.1) is 0 Å². The van der Waals surface area contributed by atoms with Gasteiger partial charge in [-0.1, -0.05) is 18.5 Å². The molecule has 0 spiro atoms. The number of rotatable bonds is 3. The van der Waals surface area contributed by atoms with E-state index in [0.717, 1.165) is 24.3 Å². The average Bonchev–Trinajstić information content (AvgIpc) is 2.74. The molecule has 0 aliphatic carbocycles. The molecule has 0 amide bonds. The zero-order valence-corrected chi connectivity index (χ0v) is 8.99. The van der Waals surface area contributed by atoms with E-state index in [4.69, 9.17) is 4.52 Å². The van der Waals surface area contributed by atoms with Crippen LogP contribution >= 0.6 is 0 Å². The van der Waals surface area contributed by atoms with Crippen LogP contribution < -0.4 is 0 Å². The first kappa shape index (κ1) is 9.71. The third-order valence-corrected chi connectivity index (χ3v) is 2.93. The number of hydrogen-bond donors (Lipinski definition) is 0. The molecular formula is C11H18N2O. The Labute approximate surface area is 85.1 Å². The Morgan fingerprint density at radius 2 is 2.50 bits per heavy atom. The highest BCUT2D eigenvalue weighted by atomic mass is 16.5. The van der Waals surface area contributed by atoms with Crippen LogP contribution in [0.3, 0.4) is 0 Å². The Morgan fingerprint density at radius 1 is 1.64 bits per heavy atom. The smallest absolute Gasteiger partial charge is 0.154 e. The minimum Gasteiger partial charge on any atom is -0.359 e. The Balaban J connectivity index is 2.08. The zero-order chi connectivity index (χ0) is 9.97. The Bertz CT molecular complexity index is 295. The van der Waals surface area contributed by atoms with Crippen molar-refractivity contribution in [3.05, 3.63) is 17.5 Å². The van der Waals surface area contributed by atoms with Gasteiger partial charge in [0.05, 0.1) is 11.7 Å². The summed E-state index contributed by atoms with van der Waals surface area (Å²) in [7, 11) is 2.15. The van der Waals surface area contributed by atoms with Gasteiger partial charge in [-0.15, -0.1) is 0 Å². The fraction of sp³-hybridized carbons (Fsp3) is 0.727. The lowest BCUT2D eigenvalue weighted by atomic mass is 10.1. The second-order valence-corrected chi connectivity index (χ2v) is 4.11. The van der Waals surface area contributed by atoms with Crippen molar-refractivity contribution in [1.29, 1.82) is 0 Å². The lowest BCUT2D eigenvalue weighted by Gasteiger charge is -2.15. The standard InChI is InChI=1S/C11H18N2O/c1-3-5-9-8-11(14-12-9)10-6-4-7-13(10)2/h8,10H,3-7H2,1-2H3/t10-/m1/s1. The van der Waals surface area contributed by atoms with Gasteiger partial charge >= 0.3 is 0 Å². The fourth-order valence-electron chi connectivity index (χ4n) is 2.13. The molecule has 2 rings (SSSR count). The first-order valence-corrected chi connectivity index (χ1v) is 5.47. The molecule has 78 valence electrons. The van der Waals surface area contributed by atoms with Gasteiger partial charge in [-0.2, -0.15) is 0 Å². The summed E-state index contributed by atoms with van der Waals surface area (Å²) >= 11 is 0. The summed E-state index contributed by atoms with van der Waals surface area (Å²) in [6, 6.07) is 2.59. The average molecular weight is 194 g/mol. The summed E-state index contributed by atoms with van der Waals surface area (Å²) in [6.07, 6.45) is 4.63. The van der Waals surface area contributed by atoms with Crippen LogP contribution in [0.15, 0.2) is 10.6 Å². The topological polar surface area (TPSA) is 29.3 Å². The molecule has 0 radical (unpaired) electrons. The quantitative estimate of drug-likeness (QED) is 0.740. The van der Waals surface area contributed by atoms with Crippen LogP contribution in [0.2, 0.25) is 0 Å². The van der Waals surface area contributed by atoms with Crippen molar-refractivity contribution in [2.75, 3.05) is 13.6 Å². The van der Waals surface area contributed by atoms with Crippen molar-refractivity contribution in [2.45, 2.75) is 38.6 Å². The summed E-state index contributed by atoms with van der Waals surface area (Å²) < 4.78 is 5.38. The van der Waals surface area contributed by atoms with E-state index in [1.807, 2.05) is 0 Å². The number of hydrogen-bond acceptors (Lipinski definition) is 3. The molecule has 1 fully saturated rings. The second-order valence-electron chi connectivity index (χ2n) is 4.11. The molecule has 3 heteroatoms. The molecule has 14 heavy (non-hydrogen) atoms. The van der Waals surface area contributed by atoms with Gasteiger partial charge in [-0.3, -0.25) is 4.90 Å². The third kappa shape index (κ3) is 1.82. The number of nitrogens with zero attached hydrogens (tertiary/aromatic N) is 2. The van der Waals surface area contributed by atoms with Crippen molar-refractivity contribution in [3.63, 3.8) is 0 Å². The van der Waals surface area contributed by atoms with E-state index in [9.17, 15) is 0 Å². The summed E-state index contributed by atoms with van der Waals surface area (Å²) in [5.41, 5.74) is 1.10. The highest BCUT2D eigenvalue weighted by Crippen LogP contribution is 2.30. The predicted octanol–water partition coefficient (Wildman–Crippen LogP) is 2.39. The molecule has 0 N–H and O–H groups in total. The van der Waals surface area contributed by atoms with Crippen LogP contribution in [0.25, 0.3) is 0 Å². The SMILES string of the molecule is CCCc1cc([C@H]2CCCN2C)on1. The molecule has 0 unspecified atom stereocenters. The molecule has 3 nitrogen and oxygen atoms in total. The van der Waals surface area contributed by atoms with Gasteiger partial charge in [0, 0.05) is 6.07 Å². The van der Waals surface area contributed by atoms with Gasteiger partial charge in [-0.25, -0.2) is 0 Å². The lowest BCUT2D eigenvalue weighted by Crippen LogP contribution is -2.16. The molecule has 1 aromatic heterocycles. The first-order valence-electron chi connectivity index (χ1n) is 5.47. The van der Waals surface area contributed by atoms with Crippen LogP contribution in [0.5, 0.6) is 0 Å². The van der Waals surface area contributed by atoms with Crippen LogP contribution in [-0.2, 0) is 6.42 Å². The molecule has 1 aliphatic rings. The van der Waals surface area contributed by atoms with Crippen molar-refractivity contribution in [3.8, 4) is 0 Å². The zero-order valence-electron chi connectivity index (χ0n) is 8.99. The number of aryl methyl sites for hydroxylation is 1. The Hall–Kier alpha value is -0.830. The third-order valence-electron chi connectivity index (χ3n) is 2.93. The molecule has 1 aromatic rings. The van der Waals surface area contributed by atoms with E-state index in [-0.39, 0.29) is 0 Å². The van der Waals surface area contributed by atoms with Gasteiger partial charge in [0.25, 0.3) is 0 Å². The highest BCUT2D eigenvalue weighted by molar-refractivity contribution is 5.10. The van der Waals surface area contributed by atoms with E-state index in [1.54, 1.807) is 0 Å². The van der Waals surface area contributed by atoms with Gasteiger partial charge in [0.1, 0.15) is 0 Å². The molecule has 0 bridgehead atoms. The maximum atomic E-state index is 5.38.